The van der Waals surface area contributed by atoms with Crippen LogP contribution in [0.4, 0.5) is 0 Å². The highest BCUT2D eigenvalue weighted by Crippen LogP contribution is 2.31. The van der Waals surface area contributed by atoms with Crippen molar-refractivity contribution in [3.8, 4) is 22.2 Å². The van der Waals surface area contributed by atoms with Gasteiger partial charge in [-0.05, 0) is 26.0 Å². The summed E-state index contributed by atoms with van der Waals surface area (Å²) in [7, 11) is 0. The van der Waals surface area contributed by atoms with E-state index in [1.807, 2.05) is 32.0 Å². The van der Waals surface area contributed by atoms with Crippen LogP contribution in [0.15, 0.2) is 38.4 Å². The number of thioether (sulfide) groups is 1. The first kappa shape index (κ1) is 17.2. The number of thiazole rings is 1. The Morgan fingerprint density at radius 2 is 1.96 bits per heavy atom. The summed E-state index contributed by atoms with van der Waals surface area (Å²) >= 11 is 9.02. The molecule has 0 spiro atoms. The summed E-state index contributed by atoms with van der Waals surface area (Å²) < 4.78 is 11.0. The number of benzene rings is 1. The first-order valence-electron chi connectivity index (χ1n) is 7.58. The number of hydrogen-bond acceptors (Lipinski definition) is 9. The van der Waals surface area contributed by atoms with Crippen molar-refractivity contribution in [2.24, 2.45) is 0 Å². The van der Waals surface area contributed by atoms with Gasteiger partial charge in [-0.2, -0.15) is 4.98 Å². The summed E-state index contributed by atoms with van der Waals surface area (Å²) in [6.45, 7) is 3.87. The van der Waals surface area contributed by atoms with Crippen LogP contribution >= 0.6 is 34.7 Å². The third-order valence-electron chi connectivity index (χ3n) is 3.40. The highest BCUT2D eigenvalue weighted by molar-refractivity contribution is 7.98. The number of halogens is 1. The molecule has 132 valence electrons. The minimum atomic E-state index is 0.383. The predicted molar refractivity (Wildman–Crippen MR) is 99.2 cm³/mol. The Hall–Kier alpha value is -2.23. The van der Waals surface area contributed by atoms with Gasteiger partial charge >= 0.3 is 0 Å². The topological polar surface area (TPSA) is 90.7 Å². The van der Waals surface area contributed by atoms with Crippen LogP contribution in [0.3, 0.4) is 0 Å². The molecule has 0 aliphatic carbocycles. The molecule has 3 heterocycles. The van der Waals surface area contributed by atoms with Crippen molar-refractivity contribution < 1.29 is 8.94 Å². The van der Waals surface area contributed by atoms with Crippen LogP contribution in [0, 0.1) is 13.8 Å². The maximum Gasteiger partial charge on any atom is 0.277 e. The SMILES string of the molecule is Cc1nc(C)c(-c2nnc(SCc3noc(-c4ccccc4Cl)n3)o2)s1. The van der Waals surface area contributed by atoms with Crippen LogP contribution in [0.25, 0.3) is 22.2 Å². The second-order valence-electron chi connectivity index (χ2n) is 5.30. The molecular formula is C16H12ClN5O2S2. The number of nitrogens with zero attached hydrogens (tertiary/aromatic N) is 5. The number of rotatable bonds is 5. The fourth-order valence-electron chi connectivity index (χ4n) is 2.27. The maximum atomic E-state index is 6.15. The Bertz CT molecular complexity index is 1060. The van der Waals surface area contributed by atoms with Crippen LogP contribution in [-0.2, 0) is 5.75 Å². The largest absolute Gasteiger partial charge is 0.410 e. The number of aryl methyl sites for hydroxylation is 2. The summed E-state index contributed by atoms with van der Waals surface area (Å²) in [5.41, 5.74) is 1.59. The van der Waals surface area contributed by atoms with E-state index >= 15 is 0 Å². The molecule has 0 radical (unpaired) electrons. The molecule has 0 aliphatic rings. The van der Waals surface area contributed by atoms with Crippen molar-refractivity contribution in [3.05, 3.63) is 45.8 Å². The molecule has 0 unspecified atom stereocenters. The van der Waals surface area contributed by atoms with Gasteiger partial charge in [0.05, 0.1) is 27.0 Å². The zero-order chi connectivity index (χ0) is 18.1. The molecule has 0 aliphatic heterocycles. The average Bonchev–Trinajstić information content (AvgIpc) is 3.33. The van der Waals surface area contributed by atoms with E-state index in [1.165, 1.54) is 23.1 Å². The molecule has 0 bridgehead atoms. The molecule has 0 saturated carbocycles. The summed E-state index contributed by atoms with van der Waals surface area (Å²) in [5.74, 6) is 1.82. The van der Waals surface area contributed by atoms with Crippen LogP contribution < -0.4 is 0 Å². The quantitative estimate of drug-likeness (QED) is 0.437. The van der Waals surface area contributed by atoms with Crippen LogP contribution in [0.1, 0.15) is 16.5 Å². The Balaban J connectivity index is 1.46. The van der Waals surface area contributed by atoms with Gasteiger partial charge in [-0.1, -0.05) is 40.7 Å². The number of aromatic nitrogens is 5. The van der Waals surface area contributed by atoms with Gasteiger partial charge in [0.1, 0.15) is 4.88 Å². The van der Waals surface area contributed by atoms with Gasteiger partial charge in [-0.3, -0.25) is 0 Å². The van der Waals surface area contributed by atoms with Gasteiger partial charge in [0.15, 0.2) is 5.82 Å². The lowest BCUT2D eigenvalue weighted by Crippen LogP contribution is -1.85. The zero-order valence-corrected chi connectivity index (χ0v) is 16.2. The molecule has 1 aromatic carbocycles. The molecule has 26 heavy (non-hydrogen) atoms. The van der Waals surface area contributed by atoms with E-state index in [0.29, 0.717) is 39.2 Å². The van der Waals surface area contributed by atoms with E-state index in [2.05, 4.69) is 25.3 Å². The second kappa shape index (κ2) is 7.18. The molecule has 0 amide bonds. The van der Waals surface area contributed by atoms with Crippen molar-refractivity contribution in [1.82, 2.24) is 25.3 Å². The maximum absolute atomic E-state index is 6.15. The van der Waals surface area contributed by atoms with E-state index in [-0.39, 0.29) is 0 Å². The fourth-order valence-corrected chi connectivity index (χ4v) is 3.94. The molecule has 7 nitrogen and oxygen atoms in total. The second-order valence-corrected chi connectivity index (χ2v) is 7.84. The van der Waals surface area contributed by atoms with Crippen molar-refractivity contribution >= 4 is 34.7 Å². The lowest BCUT2D eigenvalue weighted by Gasteiger charge is -1.95. The van der Waals surface area contributed by atoms with Gasteiger partial charge in [0, 0.05) is 0 Å². The van der Waals surface area contributed by atoms with Gasteiger partial charge in [-0.15, -0.1) is 21.5 Å². The van der Waals surface area contributed by atoms with Crippen LogP contribution in [0.2, 0.25) is 5.02 Å². The Morgan fingerprint density at radius 3 is 2.73 bits per heavy atom. The highest BCUT2D eigenvalue weighted by atomic mass is 35.5. The van der Waals surface area contributed by atoms with E-state index in [0.717, 1.165) is 15.6 Å². The van der Waals surface area contributed by atoms with E-state index in [4.69, 9.17) is 20.5 Å². The molecule has 0 N–H and O–H groups in total. The standard InChI is InChI=1S/C16H12ClN5O2S2/c1-8-13(26-9(2)18-8)15-20-21-16(23-15)25-7-12-19-14(24-22-12)10-5-3-4-6-11(10)17/h3-6H,7H2,1-2H3. The highest BCUT2D eigenvalue weighted by Gasteiger charge is 2.17. The van der Waals surface area contributed by atoms with Crippen molar-refractivity contribution in [1.29, 1.82) is 0 Å². The van der Waals surface area contributed by atoms with E-state index < -0.39 is 0 Å². The monoisotopic (exact) mass is 405 g/mol. The lowest BCUT2D eigenvalue weighted by atomic mass is 10.2. The minimum absolute atomic E-state index is 0.383. The first-order chi connectivity index (χ1) is 12.6. The molecule has 0 fully saturated rings. The van der Waals surface area contributed by atoms with Crippen LogP contribution in [-0.4, -0.2) is 25.3 Å². The van der Waals surface area contributed by atoms with Gasteiger partial charge in [-0.25, -0.2) is 4.98 Å². The molecule has 4 rings (SSSR count). The molecular weight excluding hydrogens is 394 g/mol. The van der Waals surface area contributed by atoms with Crippen molar-refractivity contribution in [2.75, 3.05) is 0 Å². The van der Waals surface area contributed by atoms with E-state index in [1.54, 1.807) is 6.07 Å². The van der Waals surface area contributed by atoms with Gasteiger partial charge in [0.25, 0.3) is 17.0 Å². The van der Waals surface area contributed by atoms with Crippen molar-refractivity contribution in [2.45, 2.75) is 24.8 Å². The zero-order valence-electron chi connectivity index (χ0n) is 13.8. The lowest BCUT2D eigenvalue weighted by molar-refractivity contribution is 0.425. The first-order valence-corrected chi connectivity index (χ1v) is 9.76. The predicted octanol–water partition coefficient (Wildman–Crippen LogP) is 4.81. The third-order valence-corrected chi connectivity index (χ3v) is 5.61. The number of hydrogen-bond donors (Lipinski definition) is 0. The molecule has 0 saturated heterocycles. The van der Waals surface area contributed by atoms with Gasteiger partial charge < -0.3 is 8.94 Å². The van der Waals surface area contributed by atoms with Crippen molar-refractivity contribution in [3.63, 3.8) is 0 Å². The minimum Gasteiger partial charge on any atom is -0.410 e. The Labute approximate surface area is 161 Å². The van der Waals surface area contributed by atoms with E-state index in [9.17, 15) is 0 Å². The van der Waals surface area contributed by atoms with Gasteiger partial charge in [0.2, 0.25) is 0 Å². The summed E-state index contributed by atoms with van der Waals surface area (Å²) in [6, 6.07) is 7.32. The molecule has 10 heteroatoms. The summed E-state index contributed by atoms with van der Waals surface area (Å²) in [4.78, 5) is 9.62. The van der Waals surface area contributed by atoms with Crippen LogP contribution in [0.5, 0.6) is 0 Å². The molecule has 0 atom stereocenters. The Kier molecular flexibility index (Phi) is 4.75. The average molecular weight is 406 g/mol. The smallest absolute Gasteiger partial charge is 0.277 e. The third kappa shape index (κ3) is 3.50. The molecule has 4 aromatic rings. The summed E-state index contributed by atoms with van der Waals surface area (Å²) in [5, 5.41) is 14.1. The Morgan fingerprint density at radius 1 is 1.12 bits per heavy atom. The fraction of sp³-hybridized carbons (Fsp3) is 0.188. The molecule has 3 aromatic heterocycles. The summed E-state index contributed by atoms with van der Waals surface area (Å²) in [6.07, 6.45) is 0. The normalized spacial score (nSPS) is 11.2.